The zero-order valence-electron chi connectivity index (χ0n) is 26.7. The minimum atomic E-state index is -3.64. The molecule has 4 unspecified atom stereocenters. The Labute approximate surface area is 290 Å². The number of carboxylic acid groups (broad SMARTS) is 1. The molecular weight excluding hydrogens is 661 g/mol. The van der Waals surface area contributed by atoms with Gasteiger partial charge in [-0.15, -0.1) is 11.8 Å². The highest BCUT2D eigenvalue weighted by Gasteiger charge is 2.38. The molecule has 9 nitrogen and oxygen atoms in total. The van der Waals surface area contributed by atoms with Crippen LogP contribution in [0, 0.1) is 5.92 Å². The van der Waals surface area contributed by atoms with Crippen molar-refractivity contribution in [1.82, 2.24) is 9.71 Å². The molecule has 5 aromatic rings. The van der Waals surface area contributed by atoms with E-state index in [0.717, 1.165) is 33.4 Å². The van der Waals surface area contributed by atoms with Gasteiger partial charge in [-0.05, 0) is 58.1 Å². The lowest BCUT2D eigenvalue weighted by Crippen LogP contribution is -2.38. The number of aliphatic hydroxyl groups excluding tert-OH is 1. The molecular formula is C38H36N2O7S2. The molecule has 0 radical (unpaired) electrons. The fourth-order valence-corrected chi connectivity index (χ4v) is 7.88. The summed E-state index contributed by atoms with van der Waals surface area (Å²) >= 11 is 1.34. The minimum absolute atomic E-state index is 0.0547. The van der Waals surface area contributed by atoms with Crippen LogP contribution in [0.2, 0.25) is 0 Å². The number of aliphatic hydroxyl groups is 1. The van der Waals surface area contributed by atoms with Gasteiger partial charge in [-0.2, -0.15) is 0 Å². The van der Waals surface area contributed by atoms with E-state index in [1.165, 1.54) is 11.8 Å². The fourth-order valence-electron chi connectivity index (χ4n) is 5.69. The zero-order chi connectivity index (χ0) is 34.4. The number of benzene rings is 4. The molecule has 0 bridgehead atoms. The SMILES string of the molecule is CC1C(CSc2ncccc2C(=O)O)OC(c2ccc(-c3cccc(CNS(=O)(=O)c4ccccc4)c3)cc2)OC1c1ccc(CO)cc1. The summed E-state index contributed by atoms with van der Waals surface area (Å²) in [6.07, 6.45) is 0.263. The van der Waals surface area contributed by atoms with Crippen molar-refractivity contribution in [2.24, 2.45) is 5.92 Å². The average Bonchev–Trinajstić information content (AvgIpc) is 3.14. The summed E-state index contributed by atoms with van der Waals surface area (Å²) in [6, 6.07) is 34.7. The zero-order valence-corrected chi connectivity index (χ0v) is 28.3. The first-order valence-electron chi connectivity index (χ1n) is 15.8. The lowest BCUT2D eigenvalue weighted by atomic mass is 9.91. The number of rotatable bonds is 12. The number of hydrogen-bond donors (Lipinski definition) is 3. The fraction of sp³-hybridized carbons (Fsp3) is 0.211. The average molecular weight is 697 g/mol. The van der Waals surface area contributed by atoms with E-state index < -0.39 is 22.3 Å². The van der Waals surface area contributed by atoms with Crippen molar-refractivity contribution in [2.75, 3.05) is 5.75 Å². The molecule has 6 rings (SSSR count). The second-order valence-corrected chi connectivity index (χ2v) is 14.5. The molecule has 1 fully saturated rings. The maximum atomic E-state index is 12.7. The van der Waals surface area contributed by atoms with E-state index in [2.05, 4.69) is 16.6 Å². The van der Waals surface area contributed by atoms with Crippen LogP contribution in [0.5, 0.6) is 0 Å². The number of nitrogens with one attached hydrogen (secondary N) is 1. The summed E-state index contributed by atoms with van der Waals surface area (Å²) in [6.45, 7) is 2.15. The Morgan fingerprint density at radius 3 is 2.29 bits per heavy atom. The van der Waals surface area contributed by atoms with Crippen LogP contribution in [0.15, 0.2) is 131 Å². The molecule has 0 aliphatic carbocycles. The van der Waals surface area contributed by atoms with E-state index in [0.29, 0.717) is 10.8 Å². The Kier molecular flexibility index (Phi) is 10.9. The van der Waals surface area contributed by atoms with Crippen molar-refractivity contribution in [3.05, 3.63) is 149 Å². The van der Waals surface area contributed by atoms with Gasteiger partial charge in [-0.25, -0.2) is 22.9 Å². The maximum Gasteiger partial charge on any atom is 0.338 e. The summed E-state index contributed by atoms with van der Waals surface area (Å²) in [7, 11) is -3.64. The van der Waals surface area contributed by atoms with Crippen LogP contribution in [-0.4, -0.2) is 41.4 Å². The van der Waals surface area contributed by atoms with Crippen molar-refractivity contribution >= 4 is 27.8 Å². The van der Waals surface area contributed by atoms with Crippen molar-refractivity contribution in [1.29, 1.82) is 0 Å². The van der Waals surface area contributed by atoms with Crippen LogP contribution in [0.3, 0.4) is 0 Å². The molecule has 1 aliphatic rings. The first-order valence-corrected chi connectivity index (χ1v) is 18.2. The molecule has 2 heterocycles. The summed E-state index contributed by atoms with van der Waals surface area (Å²) in [5.41, 5.74) is 5.42. The highest BCUT2D eigenvalue weighted by Crippen LogP contribution is 2.43. The van der Waals surface area contributed by atoms with Crippen LogP contribution in [-0.2, 0) is 32.6 Å². The van der Waals surface area contributed by atoms with E-state index >= 15 is 0 Å². The Balaban J connectivity index is 1.20. The lowest BCUT2D eigenvalue weighted by Gasteiger charge is -2.41. The molecule has 0 amide bonds. The van der Waals surface area contributed by atoms with E-state index in [9.17, 15) is 23.4 Å². The van der Waals surface area contributed by atoms with Gasteiger partial charge in [0.05, 0.1) is 29.3 Å². The highest BCUT2D eigenvalue weighted by atomic mass is 32.2. The maximum absolute atomic E-state index is 12.7. The molecule has 252 valence electrons. The number of aromatic carboxylic acids is 1. The van der Waals surface area contributed by atoms with Gasteiger partial charge in [0.15, 0.2) is 6.29 Å². The van der Waals surface area contributed by atoms with E-state index in [4.69, 9.17) is 9.47 Å². The molecule has 11 heteroatoms. The number of pyridine rings is 1. The molecule has 4 aromatic carbocycles. The second kappa shape index (κ2) is 15.5. The molecule has 0 saturated carbocycles. The number of hydrogen-bond acceptors (Lipinski definition) is 8. The summed E-state index contributed by atoms with van der Waals surface area (Å²) in [4.78, 5) is 16.3. The third-order valence-electron chi connectivity index (χ3n) is 8.47. The van der Waals surface area contributed by atoms with Gasteiger partial charge in [0.2, 0.25) is 10.0 Å². The summed E-state index contributed by atoms with van der Waals surface area (Å²) in [5.74, 6) is -0.653. The van der Waals surface area contributed by atoms with Crippen LogP contribution in [0.4, 0.5) is 0 Å². The minimum Gasteiger partial charge on any atom is -0.478 e. The molecule has 3 N–H and O–H groups in total. The van der Waals surface area contributed by atoms with E-state index in [-0.39, 0.29) is 41.7 Å². The number of thioether (sulfide) groups is 1. The lowest BCUT2D eigenvalue weighted by molar-refractivity contribution is -0.268. The van der Waals surface area contributed by atoms with Crippen LogP contribution >= 0.6 is 11.8 Å². The van der Waals surface area contributed by atoms with Crippen LogP contribution < -0.4 is 4.72 Å². The summed E-state index contributed by atoms with van der Waals surface area (Å²) < 4.78 is 41.2. The highest BCUT2D eigenvalue weighted by molar-refractivity contribution is 7.99. The van der Waals surface area contributed by atoms with Gasteiger partial charge in [-0.1, -0.05) is 91.9 Å². The van der Waals surface area contributed by atoms with Gasteiger partial charge in [0.1, 0.15) is 5.03 Å². The number of nitrogens with zero attached hydrogens (tertiary/aromatic N) is 1. The molecule has 4 atom stereocenters. The third-order valence-corrected chi connectivity index (χ3v) is 11.0. The van der Waals surface area contributed by atoms with Crippen molar-refractivity contribution in [3.63, 3.8) is 0 Å². The van der Waals surface area contributed by atoms with Gasteiger partial charge in [0.25, 0.3) is 0 Å². The third kappa shape index (κ3) is 8.27. The first kappa shape index (κ1) is 34.5. The Morgan fingerprint density at radius 2 is 1.57 bits per heavy atom. The Bertz CT molecular complexity index is 1990. The number of sulfonamides is 1. The van der Waals surface area contributed by atoms with Crippen molar-refractivity contribution in [2.45, 2.75) is 48.5 Å². The summed E-state index contributed by atoms with van der Waals surface area (Å²) in [5, 5.41) is 19.6. The smallest absolute Gasteiger partial charge is 0.338 e. The standard InChI is InChI=1S/C38H36N2O7S2/c1-25-34(24-48-36-33(37(42)43)11-6-20-39-36)46-38(47-35(25)29-14-12-26(23-41)13-15-29)30-18-16-28(17-19-30)31-8-5-7-27(21-31)22-40-49(44,45)32-9-3-2-4-10-32/h2-21,25,34-35,38,40-41H,22-24H2,1H3,(H,42,43). The van der Waals surface area contributed by atoms with Crippen LogP contribution in [0.25, 0.3) is 11.1 Å². The predicted octanol–water partition coefficient (Wildman–Crippen LogP) is 7.00. The number of carbonyl (C=O) groups is 1. The largest absolute Gasteiger partial charge is 0.478 e. The molecule has 1 aromatic heterocycles. The van der Waals surface area contributed by atoms with Gasteiger partial charge in [-0.3, -0.25) is 0 Å². The quantitative estimate of drug-likeness (QED) is 0.118. The Morgan fingerprint density at radius 1 is 0.837 bits per heavy atom. The van der Waals surface area contributed by atoms with Crippen molar-refractivity contribution < 1.29 is 32.9 Å². The topological polar surface area (TPSA) is 135 Å². The van der Waals surface area contributed by atoms with Gasteiger partial charge >= 0.3 is 5.97 Å². The van der Waals surface area contributed by atoms with Crippen molar-refractivity contribution in [3.8, 4) is 11.1 Å². The molecule has 0 spiro atoms. The van der Waals surface area contributed by atoms with Gasteiger partial charge in [0, 0.05) is 30.0 Å². The predicted molar refractivity (Wildman–Crippen MR) is 187 cm³/mol. The van der Waals surface area contributed by atoms with Gasteiger partial charge < -0.3 is 19.7 Å². The first-order chi connectivity index (χ1) is 23.7. The monoisotopic (exact) mass is 696 g/mol. The van der Waals surface area contributed by atoms with E-state index in [1.54, 1.807) is 48.7 Å². The molecule has 49 heavy (non-hydrogen) atoms. The second-order valence-electron chi connectivity index (χ2n) is 11.8. The Hall–Kier alpha value is -4.36. The number of carboxylic acids is 1. The number of aromatic nitrogens is 1. The molecule has 1 aliphatic heterocycles. The number of ether oxygens (including phenoxy) is 2. The van der Waals surface area contributed by atoms with Crippen LogP contribution in [0.1, 0.15) is 51.9 Å². The normalized spacial score (nSPS) is 19.4. The molecule has 1 saturated heterocycles. The van der Waals surface area contributed by atoms with E-state index in [1.807, 2.05) is 72.8 Å².